The molecule has 2 rings (SSSR count). The Balaban J connectivity index is 2.12. The first-order valence-electron chi connectivity index (χ1n) is 7.70. The number of rotatable bonds is 5. The molecule has 2 N–H and O–H groups in total. The smallest absolute Gasteiger partial charge is 0.244 e. The molecule has 0 saturated carbocycles. The van der Waals surface area contributed by atoms with Gasteiger partial charge in [0.25, 0.3) is 0 Å². The predicted octanol–water partition coefficient (Wildman–Crippen LogP) is 2.18. The normalized spacial score (nSPS) is 24.6. The molecule has 2 heterocycles. The Kier molecular flexibility index (Phi) is 5.11. The van der Waals surface area contributed by atoms with E-state index >= 15 is 0 Å². The molecule has 0 aromatic carbocycles. The highest BCUT2D eigenvalue weighted by atomic mass is 32.2. The zero-order chi connectivity index (χ0) is 15.6. The molecule has 6 heteroatoms. The van der Waals surface area contributed by atoms with E-state index in [0.717, 1.165) is 12.1 Å². The van der Waals surface area contributed by atoms with Crippen molar-refractivity contribution in [3.8, 4) is 0 Å². The first-order valence-corrected chi connectivity index (χ1v) is 9.14. The first-order chi connectivity index (χ1) is 9.79. The summed E-state index contributed by atoms with van der Waals surface area (Å²) in [6.45, 7) is 10.3. The Hall–Kier alpha value is -0.850. The van der Waals surface area contributed by atoms with Crippen LogP contribution in [0.3, 0.4) is 0 Å². The molecule has 1 saturated heterocycles. The third-order valence-corrected chi connectivity index (χ3v) is 5.70. The van der Waals surface area contributed by atoms with Crippen LogP contribution in [0.15, 0.2) is 17.2 Å². The van der Waals surface area contributed by atoms with Crippen molar-refractivity contribution >= 4 is 10.0 Å². The van der Waals surface area contributed by atoms with Crippen LogP contribution in [-0.4, -0.2) is 36.8 Å². The van der Waals surface area contributed by atoms with Crippen LogP contribution >= 0.6 is 0 Å². The van der Waals surface area contributed by atoms with Crippen molar-refractivity contribution in [2.75, 3.05) is 13.1 Å². The molecule has 120 valence electrons. The molecular formula is C15H27N3O2S. The fourth-order valence-electron chi connectivity index (χ4n) is 2.94. The van der Waals surface area contributed by atoms with Gasteiger partial charge in [-0.15, -0.1) is 0 Å². The molecule has 5 nitrogen and oxygen atoms in total. The van der Waals surface area contributed by atoms with Crippen molar-refractivity contribution in [1.82, 2.24) is 14.6 Å². The lowest BCUT2D eigenvalue weighted by Gasteiger charge is -2.33. The van der Waals surface area contributed by atoms with Gasteiger partial charge in [0.05, 0.1) is 4.90 Å². The third kappa shape index (κ3) is 4.08. The van der Waals surface area contributed by atoms with Gasteiger partial charge in [0.2, 0.25) is 10.0 Å². The van der Waals surface area contributed by atoms with E-state index in [1.807, 2.05) is 0 Å². The number of piperidine rings is 1. The van der Waals surface area contributed by atoms with E-state index in [1.165, 1.54) is 0 Å². The van der Waals surface area contributed by atoms with Crippen LogP contribution < -0.4 is 5.32 Å². The average Bonchev–Trinajstić information content (AvgIpc) is 2.84. The van der Waals surface area contributed by atoms with Gasteiger partial charge in [0.1, 0.15) is 0 Å². The number of hydrogen-bond acceptors (Lipinski definition) is 3. The van der Waals surface area contributed by atoms with E-state index in [9.17, 15) is 8.42 Å². The summed E-state index contributed by atoms with van der Waals surface area (Å²) in [4.78, 5) is 3.44. The van der Waals surface area contributed by atoms with Crippen LogP contribution in [0, 0.1) is 11.8 Å². The second kappa shape index (κ2) is 6.50. The maximum absolute atomic E-state index is 12.7. The molecule has 1 aliphatic heterocycles. The van der Waals surface area contributed by atoms with E-state index in [1.54, 1.807) is 16.6 Å². The summed E-state index contributed by atoms with van der Waals surface area (Å²) in [7, 11) is -3.37. The lowest BCUT2D eigenvalue weighted by molar-refractivity contribution is 0.222. The quantitative estimate of drug-likeness (QED) is 0.875. The Morgan fingerprint density at radius 3 is 2.52 bits per heavy atom. The van der Waals surface area contributed by atoms with Crippen molar-refractivity contribution in [2.45, 2.75) is 51.6 Å². The molecule has 1 aromatic heterocycles. The van der Waals surface area contributed by atoms with Gasteiger partial charge in [-0.1, -0.05) is 27.7 Å². The van der Waals surface area contributed by atoms with Crippen LogP contribution in [0.4, 0.5) is 0 Å². The minimum absolute atomic E-state index is 0.372. The topological polar surface area (TPSA) is 65.2 Å². The molecule has 0 bridgehead atoms. The van der Waals surface area contributed by atoms with Crippen molar-refractivity contribution in [1.29, 1.82) is 0 Å². The highest BCUT2D eigenvalue weighted by molar-refractivity contribution is 7.89. The molecule has 2 unspecified atom stereocenters. The van der Waals surface area contributed by atoms with Gasteiger partial charge in [-0.25, -0.2) is 8.42 Å². The highest BCUT2D eigenvalue weighted by Crippen LogP contribution is 2.26. The second-order valence-electron chi connectivity index (χ2n) is 6.66. The zero-order valence-electron chi connectivity index (χ0n) is 13.4. The predicted molar refractivity (Wildman–Crippen MR) is 84.5 cm³/mol. The van der Waals surface area contributed by atoms with E-state index in [0.29, 0.717) is 42.4 Å². The molecule has 21 heavy (non-hydrogen) atoms. The fourth-order valence-corrected chi connectivity index (χ4v) is 4.63. The van der Waals surface area contributed by atoms with Crippen LogP contribution in [0.5, 0.6) is 0 Å². The maximum Gasteiger partial charge on any atom is 0.244 e. The van der Waals surface area contributed by atoms with Crippen LogP contribution in [0.25, 0.3) is 0 Å². The molecule has 0 spiro atoms. The largest absolute Gasteiger partial charge is 0.363 e. The molecule has 1 fully saturated rings. The third-order valence-electron chi connectivity index (χ3n) is 3.89. The zero-order valence-corrected chi connectivity index (χ0v) is 14.2. The van der Waals surface area contributed by atoms with Gasteiger partial charge in [-0.3, -0.25) is 0 Å². The maximum atomic E-state index is 12.7. The summed E-state index contributed by atoms with van der Waals surface area (Å²) in [5.41, 5.74) is 0.903. The Labute approximate surface area is 128 Å². The van der Waals surface area contributed by atoms with Gasteiger partial charge in [0.15, 0.2) is 0 Å². The van der Waals surface area contributed by atoms with Gasteiger partial charge in [-0.2, -0.15) is 4.31 Å². The van der Waals surface area contributed by atoms with Gasteiger partial charge < -0.3 is 10.3 Å². The Bertz CT molecular complexity index is 555. The van der Waals surface area contributed by atoms with Gasteiger partial charge in [0, 0.05) is 37.6 Å². The van der Waals surface area contributed by atoms with Crippen LogP contribution in [-0.2, 0) is 16.6 Å². The summed E-state index contributed by atoms with van der Waals surface area (Å²) < 4.78 is 27.1. The summed E-state index contributed by atoms with van der Waals surface area (Å²) in [6.07, 6.45) is 2.71. The van der Waals surface area contributed by atoms with Crippen molar-refractivity contribution < 1.29 is 8.42 Å². The summed E-state index contributed by atoms with van der Waals surface area (Å²) in [5, 5.41) is 3.28. The van der Waals surface area contributed by atoms with Crippen LogP contribution in [0.2, 0.25) is 0 Å². The van der Waals surface area contributed by atoms with Crippen molar-refractivity contribution in [3.05, 3.63) is 18.0 Å². The van der Waals surface area contributed by atoms with Gasteiger partial charge >= 0.3 is 0 Å². The minimum Gasteiger partial charge on any atom is -0.363 e. The second-order valence-corrected chi connectivity index (χ2v) is 8.60. The average molecular weight is 313 g/mol. The molecule has 0 radical (unpaired) electrons. The van der Waals surface area contributed by atoms with E-state index < -0.39 is 10.0 Å². The van der Waals surface area contributed by atoms with E-state index in [4.69, 9.17) is 0 Å². The fraction of sp³-hybridized carbons (Fsp3) is 0.733. The molecular weight excluding hydrogens is 286 g/mol. The SMILES string of the molecule is CC1CC(C)CN(S(=O)(=O)c2c[nH]c(CNC(C)C)c2)C1. The van der Waals surface area contributed by atoms with Crippen LogP contribution in [0.1, 0.15) is 39.8 Å². The standard InChI is InChI=1S/C15H27N3O2S/c1-11(2)16-7-14-6-15(8-17-14)21(19,20)18-9-12(3)5-13(4)10-18/h6,8,11-13,16-17H,5,7,9-10H2,1-4H3. The van der Waals surface area contributed by atoms with E-state index in [2.05, 4.69) is 38.0 Å². The number of sulfonamides is 1. The molecule has 1 aliphatic rings. The monoisotopic (exact) mass is 313 g/mol. The Morgan fingerprint density at radius 1 is 1.33 bits per heavy atom. The van der Waals surface area contributed by atoms with Crippen molar-refractivity contribution in [2.24, 2.45) is 11.8 Å². The lowest BCUT2D eigenvalue weighted by Crippen LogP contribution is -2.42. The highest BCUT2D eigenvalue weighted by Gasteiger charge is 2.32. The lowest BCUT2D eigenvalue weighted by atomic mass is 9.94. The number of H-pyrrole nitrogens is 1. The Morgan fingerprint density at radius 2 is 1.95 bits per heavy atom. The number of aromatic nitrogens is 1. The number of nitrogens with one attached hydrogen (secondary N) is 2. The molecule has 2 atom stereocenters. The summed E-state index contributed by atoms with van der Waals surface area (Å²) >= 11 is 0. The summed E-state index contributed by atoms with van der Waals surface area (Å²) in [5.74, 6) is 0.842. The number of nitrogens with zero attached hydrogens (tertiary/aromatic N) is 1. The van der Waals surface area contributed by atoms with Crippen molar-refractivity contribution in [3.63, 3.8) is 0 Å². The van der Waals surface area contributed by atoms with Gasteiger partial charge in [-0.05, 0) is 24.3 Å². The summed E-state index contributed by atoms with van der Waals surface area (Å²) in [6, 6.07) is 2.12. The number of aromatic amines is 1. The molecule has 0 aliphatic carbocycles. The first kappa shape index (κ1) is 16.5. The minimum atomic E-state index is -3.37. The number of hydrogen-bond donors (Lipinski definition) is 2. The van der Waals surface area contributed by atoms with E-state index in [-0.39, 0.29) is 0 Å². The molecule has 0 amide bonds. The molecule has 1 aromatic rings.